The van der Waals surface area contributed by atoms with Gasteiger partial charge in [0.1, 0.15) is 12.2 Å². The maximum absolute atomic E-state index is 5.82. The summed E-state index contributed by atoms with van der Waals surface area (Å²) in [5.41, 5.74) is 0. The molecule has 4 nitrogen and oxygen atoms in total. The van der Waals surface area contributed by atoms with E-state index < -0.39 is 0 Å². The molecular formula is C13H23ClN4. The quantitative estimate of drug-likeness (QED) is 0.715. The summed E-state index contributed by atoms with van der Waals surface area (Å²) in [7, 11) is 0. The first-order valence-electron chi connectivity index (χ1n) is 6.90. The Balaban J connectivity index is 2.00. The van der Waals surface area contributed by atoms with Crippen LogP contribution in [-0.4, -0.2) is 38.1 Å². The predicted octanol–water partition coefficient (Wildman–Crippen LogP) is 2.84. The van der Waals surface area contributed by atoms with Crippen molar-refractivity contribution in [2.45, 2.75) is 58.2 Å². The molecule has 0 aromatic carbocycles. The van der Waals surface area contributed by atoms with E-state index in [1.54, 1.807) is 6.33 Å². The molecule has 1 saturated carbocycles. The fraction of sp³-hybridized carbons (Fsp3) is 0.846. The highest BCUT2D eigenvalue weighted by Crippen LogP contribution is 2.26. The van der Waals surface area contributed by atoms with Crippen LogP contribution in [0.5, 0.6) is 0 Å². The fourth-order valence-corrected chi connectivity index (χ4v) is 2.53. The van der Waals surface area contributed by atoms with Crippen LogP contribution in [0.3, 0.4) is 0 Å². The summed E-state index contributed by atoms with van der Waals surface area (Å²) in [6, 6.07) is 1.10. The number of hydrogen-bond acceptors (Lipinski definition) is 3. The van der Waals surface area contributed by atoms with Crippen LogP contribution in [0.2, 0.25) is 0 Å². The molecule has 102 valence electrons. The molecule has 1 fully saturated rings. The molecule has 0 atom stereocenters. The second-order valence-electron chi connectivity index (χ2n) is 5.31. The van der Waals surface area contributed by atoms with Crippen LogP contribution in [0.4, 0.5) is 0 Å². The number of halogens is 1. The van der Waals surface area contributed by atoms with Crippen molar-refractivity contribution in [2.24, 2.45) is 0 Å². The van der Waals surface area contributed by atoms with Gasteiger partial charge in [-0.05, 0) is 33.1 Å². The zero-order valence-corrected chi connectivity index (χ0v) is 12.1. The molecule has 1 heterocycles. The Labute approximate surface area is 114 Å². The Morgan fingerprint density at radius 3 is 2.83 bits per heavy atom. The van der Waals surface area contributed by atoms with Crippen molar-refractivity contribution in [3.8, 4) is 0 Å². The highest BCUT2D eigenvalue weighted by atomic mass is 35.5. The van der Waals surface area contributed by atoms with Gasteiger partial charge in [-0.2, -0.15) is 5.10 Å². The molecule has 0 spiro atoms. The van der Waals surface area contributed by atoms with Crippen molar-refractivity contribution in [3.05, 3.63) is 12.2 Å². The molecule has 0 unspecified atom stereocenters. The monoisotopic (exact) mass is 270 g/mol. The summed E-state index contributed by atoms with van der Waals surface area (Å²) in [5.74, 6) is 1.81. The minimum atomic E-state index is 0.374. The molecule has 0 saturated heterocycles. The topological polar surface area (TPSA) is 34.0 Å². The van der Waals surface area contributed by atoms with Crippen LogP contribution in [0.1, 0.15) is 51.4 Å². The minimum absolute atomic E-state index is 0.374. The summed E-state index contributed by atoms with van der Waals surface area (Å²) in [5, 5.41) is 4.31. The molecule has 5 heteroatoms. The van der Waals surface area contributed by atoms with Gasteiger partial charge in [0.25, 0.3) is 0 Å². The maximum atomic E-state index is 5.82. The van der Waals surface area contributed by atoms with Gasteiger partial charge in [0.05, 0.1) is 6.54 Å². The number of nitrogens with zero attached hydrogens (tertiary/aromatic N) is 4. The molecule has 1 aliphatic rings. The van der Waals surface area contributed by atoms with Crippen LogP contribution in [0.15, 0.2) is 6.33 Å². The van der Waals surface area contributed by atoms with E-state index in [9.17, 15) is 0 Å². The Bertz CT molecular complexity index is 360. The van der Waals surface area contributed by atoms with Gasteiger partial charge in [-0.25, -0.2) is 9.67 Å². The first kappa shape index (κ1) is 13.8. The van der Waals surface area contributed by atoms with Gasteiger partial charge in [-0.3, -0.25) is 4.90 Å². The SMILES string of the molecule is CC(C)n1ncnc1CN(CCCCl)C1CCC1. The van der Waals surface area contributed by atoms with Crippen LogP contribution in [0.25, 0.3) is 0 Å². The van der Waals surface area contributed by atoms with Gasteiger partial charge in [-0.15, -0.1) is 11.6 Å². The van der Waals surface area contributed by atoms with E-state index in [1.165, 1.54) is 19.3 Å². The molecule has 0 N–H and O–H groups in total. The molecular weight excluding hydrogens is 248 g/mol. The van der Waals surface area contributed by atoms with Gasteiger partial charge in [0.15, 0.2) is 0 Å². The van der Waals surface area contributed by atoms with E-state index in [0.29, 0.717) is 6.04 Å². The molecule has 0 bridgehead atoms. The second kappa shape index (κ2) is 6.53. The van der Waals surface area contributed by atoms with E-state index >= 15 is 0 Å². The third-order valence-electron chi connectivity index (χ3n) is 3.65. The van der Waals surface area contributed by atoms with E-state index in [0.717, 1.165) is 37.3 Å². The Kier molecular flexibility index (Phi) is 5.01. The maximum Gasteiger partial charge on any atom is 0.141 e. The highest BCUT2D eigenvalue weighted by molar-refractivity contribution is 6.17. The second-order valence-corrected chi connectivity index (χ2v) is 5.69. The zero-order chi connectivity index (χ0) is 13.0. The molecule has 0 aliphatic heterocycles. The first-order chi connectivity index (χ1) is 8.72. The minimum Gasteiger partial charge on any atom is -0.293 e. The average Bonchev–Trinajstić information content (AvgIpc) is 2.71. The summed E-state index contributed by atoms with van der Waals surface area (Å²) in [6.45, 7) is 6.26. The zero-order valence-electron chi connectivity index (χ0n) is 11.3. The number of aromatic nitrogens is 3. The molecule has 0 radical (unpaired) electrons. The summed E-state index contributed by atoms with van der Waals surface area (Å²) < 4.78 is 2.02. The van der Waals surface area contributed by atoms with Crippen molar-refractivity contribution in [1.82, 2.24) is 19.7 Å². The van der Waals surface area contributed by atoms with E-state index in [2.05, 4.69) is 28.8 Å². The van der Waals surface area contributed by atoms with E-state index in [1.807, 2.05) is 4.68 Å². The summed E-state index contributed by atoms with van der Waals surface area (Å²) in [6.07, 6.45) is 6.71. The first-order valence-corrected chi connectivity index (χ1v) is 7.44. The normalized spacial score (nSPS) is 16.5. The molecule has 18 heavy (non-hydrogen) atoms. The van der Waals surface area contributed by atoms with Crippen LogP contribution in [0, 0.1) is 0 Å². The van der Waals surface area contributed by atoms with Crippen molar-refractivity contribution in [1.29, 1.82) is 0 Å². The van der Waals surface area contributed by atoms with Crippen LogP contribution >= 0.6 is 11.6 Å². The number of hydrogen-bond donors (Lipinski definition) is 0. The standard InChI is InChI=1S/C13H23ClN4/c1-11(2)18-13(15-10-16-18)9-17(8-4-7-14)12-5-3-6-12/h10-12H,3-9H2,1-2H3. The van der Waals surface area contributed by atoms with Gasteiger partial charge < -0.3 is 0 Å². The van der Waals surface area contributed by atoms with Crippen molar-refractivity contribution in [2.75, 3.05) is 12.4 Å². The van der Waals surface area contributed by atoms with E-state index in [-0.39, 0.29) is 0 Å². The third kappa shape index (κ3) is 3.23. The van der Waals surface area contributed by atoms with Gasteiger partial charge in [0, 0.05) is 24.5 Å². The fourth-order valence-electron chi connectivity index (χ4n) is 2.41. The van der Waals surface area contributed by atoms with Crippen LogP contribution < -0.4 is 0 Å². The lowest BCUT2D eigenvalue weighted by Gasteiger charge is -2.37. The van der Waals surface area contributed by atoms with Gasteiger partial charge >= 0.3 is 0 Å². The highest BCUT2D eigenvalue weighted by Gasteiger charge is 2.25. The number of alkyl halides is 1. The Hall–Kier alpha value is -0.610. The molecule has 1 aromatic rings. The largest absolute Gasteiger partial charge is 0.293 e. The summed E-state index contributed by atoms with van der Waals surface area (Å²) >= 11 is 5.82. The predicted molar refractivity (Wildman–Crippen MR) is 73.8 cm³/mol. The average molecular weight is 271 g/mol. The van der Waals surface area contributed by atoms with Crippen molar-refractivity contribution >= 4 is 11.6 Å². The van der Waals surface area contributed by atoms with Crippen molar-refractivity contribution < 1.29 is 0 Å². The molecule has 1 aliphatic carbocycles. The summed E-state index contributed by atoms with van der Waals surface area (Å²) in [4.78, 5) is 6.93. The van der Waals surface area contributed by atoms with Crippen LogP contribution in [-0.2, 0) is 6.54 Å². The van der Waals surface area contributed by atoms with Gasteiger partial charge in [-0.1, -0.05) is 6.42 Å². The smallest absolute Gasteiger partial charge is 0.141 e. The lowest BCUT2D eigenvalue weighted by atomic mass is 9.91. The van der Waals surface area contributed by atoms with Gasteiger partial charge in [0.2, 0.25) is 0 Å². The van der Waals surface area contributed by atoms with Crippen molar-refractivity contribution in [3.63, 3.8) is 0 Å². The lowest BCUT2D eigenvalue weighted by Crippen LogP contribution is -2.41. The lowest BCUT2D eigenvalue weighted by molar-refractivity contribution is 0.114. The Morgan fingerprint density at radius 1 is 1.50 bits per heavy atom. The third-order valence-corrected chi connectivity index (χ3v) is 3.92. The van der Waals surface area contributed by atoms with E-state index in [4.69, 9.17) is 11.6 Å². The number of rotatable bonds is 7. The molecule has 0 amide bonds. The Morgan fingerprint density at radius 2 is 2.28 bits per heavy atom. The molecule has 1 aromatic heterocycles. The molecule has 2 rings (SSSR count).